The fourth-order valence-corrected chi connectivity index (χ4v) is 3.18. The Hall–Kier alpha value is 0.0700. The molecule has 0 aliphatic carbocycles. The van der Waals surface area contributed by atoms with Gasteiger partial charge in [-0.05, 0) is 6.42 Å². The first kappa shape index (κ1) is 19.1. The van der Waals surface area contributed by atoms with E-state index in [9.17, 15) is 4.57 Å². The summed E-state index contributed by atoms with van der Waals surface area (Å²) in [6, 6.07) is 0. The van der Waals surface area contributed by atoms with Crippen molar-refractivity contribution in [3.63, 3.8) is 0 Å². The number of hydrogen-bond donors (Lipinski definition) is 2. The van der Waals surface area contributed by atoms with Crippen LogP contribution in [-0.2, 0) is 13.8 Å². The standard InChI is InChI=1S/C15H31O5P/c1-2-3-4-5-6-7-8-9-10-11-12-14(15-13-19-15)20-21(16,17)18/h14-15H,2-13H2,1H3,(H2,16,17,18). The molecule has 0 bridgehead atoms. The maximum atomic E-state index is 10.9. The first-order valence-corrected chi connectivity index (χ1v) is 9.91. The molecule has 0 spiro atoms. The van der Waals surface area contributed by atoms with Crippen molar-refractivity contribution < 1.29 is 23.6 Å². The highest BCUT2D eigenvalue weighted by Gasteiger charge is 2.37. The molecule has 21 heavy (non-hydrogen) atoms. The van der Waals surface area contributed by atoms with Gasteiger partial charge in [-0.25, -0.2) is 4.57 Å². The number of epoxide rings is 1. The zero-order chi connectivity index (χ0) is 15.6. The van der Waals surface area contributed by atoms with E-state index >= 15 is 0 Å². The molecule has 2 unspecified atom stereocenters. The summed E-state index contributed by atoms with van der Waals surface area (Å²) in [5, 5.41) is 0. The number of phosphoric acid groups is 1. The van der Waals surface area contributed by atoms with Crippen molar-refractivity contribution in [3.05, 3.63) is 0 Å². The summed E-state index contributed by atoms with van der Waals surface area (Å²) in [5.74, 6) is 0. The van der Waals surface area contributed by atoms with Gasteiger partial charge in [-0.2, -0.15) is 0 Å². The molecule has 0 aromatic heterocycles. The van der Waals surface area contributed by atoms with Crippen molar-refractivity contribution in [2.24, 2.45) is 0 Å². The van der Waals surface area contributed by atoms with Crippen LogP contribution in [0.1, 0.15) is 77.6 Å². The van der Waals surface area contributed by atoms with Crippen LogP contribution >= 0.6 is 7.82 Å². The summed E-state index contributed by atoms with van der Waals surface area (Å²) in [5.41, 5.74) is 0. The van der Waals surface area contributed by atoms with Crippen molar-refractivity contribution in [3.8, 4) is 0 Å². The first-order valence-electron chi connectivity index (χ1n) is 8.38. The van der Waals surface area contributed by atoms with E-state index in [0.29, 0.717) is 13.0 Å². The highest BCUT2D eigenvalue weighted by atomic mass is 31.2. The molecule has 1 aliphatic rings. The molecule has 0 aromatic rings. The molecule has 0 saturated carbocycles. The number of ether oxygens (including phenoxy) is 1. The van der Waals surface area contributed by atoms with Crippen molar-refractivity contribution >= 4 is 7.82 Å². The van der Waals surface area contributed by atoms with Crippen LogP contribution in [0.25, 0.3) is 0 Å². The Kier molecular flexibility index (Phi) is 9.78. The zero-order valence-corrected chi connectivity index (χ0v) is 14.1. The van der Waals surface area contributed by atoms with Gasteiger partial charge < -0.3 is 14.5 Å². The predicted octanol–water partition coefficient (Wildman–Crippen LogP) is 4.17. The Balaban J connectivity index is 1.93. The quantitative estimate of drug-likeness (QED) is 0.285. The van der Waals surface area contributed by atoms with Gasteiger partial charge in [0, 0.05) is 0 Å². The van der Waals surface area contributed by atoms with Gasteiger partial charge in [-0.15, -0.1) is 0 Å². The van der Waals surface area contributed by atoms with Gasteiger partial charge in [0.2, 0.25) is 0 Å². The summed E-state index contributed by atoms with van der Waals surface area (Å²) in [7, 11) is -4.40. The lowest BCUT2D eigenvalue weighted by molar-refractivity contribution is 0.0998. The topological polar surface area (TPSA) is 79.3 Å². The largest absolute Gasteiger partial charge is 0.469 e. The maximum Gasteiger partial charge on any atom is 0.469 e. The molecular formula is C15H31O5P. The van der Waals surface area contributed by atoms with Gasteiger partial charge >= 0.3 is 7.82 Å². The summed E-state index contributed by atoms with van der Waals surface area (Å²) in [4.78, 5) is 17.7. The van der Waals surface area contributed by atoms with E-state index < -0.39 is 13.9 Å². The van der Waals surface area contributed by atoms with E-state index in [4.69, 9.17) is 19.0 Å². The Labute approximate surface area is 128 Å². The van der Waals surface area contributed by atoms with Crippen LogP contribution in [0.4, 0.5) is 0 Å². The Morgan fingerprint density at radius 2 is 1.52 bits per heavy atom. The molecule has 5 nitrogen and oxygen atoms in total. The Morgan fingerprint density at radius 3 is 1.95 bits per heavy atom. The van der Waals surface area contributed by atoms with Crippen molar-refractivity contribution in [1.29, 1.82) is 0 Å². The van der Waals surface area contributed by atoms with E-state index in [1.165, 1.54) is 51.4 Å². The van der Waals surface area contributed by atoms with E-state index in [-0.39, 0.29) is 6.10 Å². The number of hydrogen-bond acceptors (Lipinski definition) is 3. The van der Waals surface area contributed by atoms with Gasteiger partial charge in [-0.3, -0.25) is 4.52 Å². The second kappa shape index (κ2) is 10.7. The molecule has 1 heterocycles. The van der Waals surface area contributed by atoms with Crippen molar-refractivity contribution in [1.82, 2.24) is 0 Å². The summed E-state index contributed by atoms with van der Waals surface area (Å²) in [6.45, 7) is 2.79. The summed E-state index contributed by atoms with van der Waals surface area (Å²) in [6.07, 6.45) is 12.6. The minimum atomic E-state index is -4.40. The van der Waals surface area contributed by atoms with Gasteiger partial charge in [0.1, 0.15) is 6.10 Å². The minimum Gasteiger partial charge on any atom is -0.370 e. The number of rotatable bonds is 14. The fourth-order valence-electron chi connectivity index (χ4n) is 2.59. The second-order valence-corrected chi connectivity index (χ2v) is 7.17. The molecule has 6 heteroatoms. The molecule has 2 N–H and O–H groups in total. The SMILES string of the molecule is CCCCCCCCCCCCC(OP(=O)(O)O)C1CO1. The highest BCUT2D eigenvalue weighted by Crippen LogP contribution is 2.41. The molecule has 126 valence electrons. The van der Waals surface area contributed by atoms with Crippen molar-refractivity contribution in [2.75, 3.05) is 6.61 Å². The molecule has 1 aliphatic heterocycles. The van der Waals surface area contributed by atoms with Crippen LogP contribution < -0.4 is 0 Å². The van der Waals surface area contributed by atoms with Gasteiger partial charge in [0.05, 0.1) is 12.7 Å². The third-order valence-corrected chi connectivity index (χ3v) is 4.43. The fraction of sp³-hybridized carbons (Fsp3) is 1.00. The Morgan fingerprint density at radius 1 is 1.05 bits per heavy atom. The lowest BCUT2D eigenvalue weighted by Crippen LogP contribution is -2.18. The third-order valence-electron chi connectivity index (χ3n) is 3.89. The average molecular weight is 322 g/mol. The molecule has 1 fully saturated rings. The number of phosphoric ester groups is 1. The van der Waals surface area contributed by atoms with E-state index in [2.05, 4.69) is 6.92 Å². The normalized spacial score (nSPS) is 19.7. The van der Waals surface area contributed by atoms with Gasteiger partial charge in [0.15, 0.2) is 0 Å². The molecule has 0 amide bonds. The molecule has 0 aromatic carbocycles. The van der Waals surface area contributed by atoms with Crippen molar-refractivity contribution in [2.45, 2.75) is 89.8 Å². The third kappa shape index (κ3) is 11.3. The molecule has 1 rings (SSSR count). The Bertz CT molecular complexity index is 300. The van der Waals surface area contributed by atoms with E-state index in [1.807, 2.05) is 0 Å². The van der Waals surface area contributed by atoms with Crippen LogP contribution in [0.2, 0.25) is 0 Å². The van der Waals surface area contributed by atoms with Crippen LogP contribution in [-0.4, -0.2) is 28.6 Å². The first-order chi connectivity index (χ1) is 10.0. The molecule has 2 atom stereocenters. The molecule has 1 saturated heterocycles. The van der Waals surface area contributed by atoms with Gasteiger partial charge in [-0.1, -0.05) is 71.1 Å². The van der Waals surface area contributed by atoms with Gasteiger partial charge in [0.25, 0.3) is 0 Å². The zero-order valence-electron chi connectivity index (χ0n) is 13.2. The van der Waals surface area contributed by atoms with E-state index in [1.54, 1.807) is 0 Å². The minimum absolute atomic E-state index is 0.115. The smallest absolute Gasteiger partial charge is 0.370 e. The highest BCUT2D eigenvalue weighted by molar-refractivity contribution is 7.46. The van der Waals surface area contributed by atoms with Crippen LogP contribution in [0.3, 0.4) is 0 Å². The number of unbranched alkanes of at least 4 members (excludes halogenated alkanes) is 9. The summed E-state index contributed by atoms with van der Waals surface area (Å²) >= 11 is 0. The maximum absolute atomic E-state index is 10.9. The van der Waals surface area contributed by atoms with Crippen LogP contribution in [0, 0.1) is 0 Å². The molecule has 0 radical (unpaired) electrons. The van der Waals surface area contributed by atoms with Crippen LogP contribution in [0.15, 0.2) is 0 Å². The second-order valence-electron chi connectivity index (χ2n) is 5.98. The van der Waals surface area contributed by atoms with E-state index in [0.717, 1.165) is 12.8 Å². The predicted molar refractivity (Wildman–Crippen MR) is 83.1 cm³/mol. The molecular weight excluding hydrogens is 291 g/mol. The lowest BCUT2D eigenvalue weighted by Gasteiger charge is -2.15. The average Bonchev–Trinajstić information content (AvgIpc) is 3.22. The monoisotopic (exact) mass is 322 g/mol. The summed E-state index contributed by atoms with van der Waals surface area (Å²) < 4.78 is 20.7. The lowest BCUT2D eigenvalue weighted by atomic mass is 10.0. The van der Waals surface area contributed by atoms with Crippen LogP contribution in [0.5, 0.6) is 0 Å².